The second-order valence-corrected chi connectivity index (χ2v) is 6.14. The van der Waals surface area contributed by atoms with Gasteiger partial charge < -0.3 is 9.84 Å². The summed E-state index contributed by atoms with van der Waals surface area (Å²) < 4.78 is 5.23. The fourth-order valence-corrected chi connectivity index (χ4v) is 3.47. The van der Waals surface area contributed by atoms with Crippen LogP contribution in [0.4, 0.5) is 0 Å². The summed E-state index contributed by atoms with van der Waals surface area (Å²) in [7, 11) is 1.60. The lowest BCUT2D eigenvalue weighted by atomic mass is 9.71. The molecule has 0 amide bonds. The van der Waals surface area contributed by atoms with E-state index in [-0.39, 0.29) is 0 Å². The summed E-state index contributed by atoms with van der Waals surface area (Å²) in [6, 6.07) is 5.58. The van der Waals surface area contributed by atoms with E-state index < -0.39 is 5.60 Å². The minimum Gasteiger partial charge on any atom is -0.495 e. The van der Waals surface area contributed by atoms with Gasteiger partial charge in [0.1, 0.15) is 5.75 Å². The van der Waals surface area contributed by atoms with Crippen molar-refractivity contribution in [2.75, 3.05) is 7.11 Å². The van der Waals surface area contributed by atoms with Crippen LogP contribution in [0, 0.1) is 11.8 Å². The van der Waals surface area contributed by atoms with E-state index in [4.69, 9.17) is 16.3 Å². The van der Waals surface area contributed by atoms with Gasteiger partial charge in [-0.05, 0) is 48.8 Å². The van der Waals surface area contributed by atoms with Crippen LogP contribution in [0.15, 0.2) is 18.2 Å². The van der Waals surface area contributed by atoms with E-state index in [2.05, 4.69) is 13.8 Å². The highest BCUT2D eigenvalue weighted by Crippen LogP contribution is 2.43. The van der Waals surface area contributed by atoms with Crippen molar-refractivity contribution in [3.05, 3.63) is 28.8 Å². The summed E-state index contributed by atoms with van der Waals surface area (Å²) in [6.45, 7) is 4.40. The molecule has 2 nitrogen and oxygen atoms in total. The molecule has 0 bridgehead atoms. The fraction of sp³-hybridized carbons (Fsp3) is 0.600. The maximum absolute atomic E-state index is 10.9. The minimum absolute atomic E-state index is 0.542. The Morgan fingerprint density at radius 2 is 1.89 bits per heavy atom. The Balaban J connectivity index is 2.34. The van der Waals surface area contributed by atoms with E-state index in [1.807, 2.05) is 12.1 Å². The second kappa shape index (κ2) is 5.10. The quantitative estimate of drug-likeness (QED) is 0.879. The Bertz CT molecular complexity index is 421. The van der Waals surface area contributed by atoms with Gasteiger partial charge in [-0.2, -0.15) is 0 Å². The summed E-state index contributed by atoms with van der Waals surface area (Å²) in [5.74, 6) is 1.72. The van der Waals surface area contributed by atoms with E-state index in [1.54, 1.807) is 13.2 Å². The molecule has 1 aliphatic rings. The summed E-state index contributed by atoms with van der Waals surface area (Å²) in [4.78, 5) is 0. The summed E-state index contributed by atoms with van der Waals surface area (Å²) in [6.07, 6.45) is 2.80. The van der Waals surface area contributed by atoms with Crippen LogP contribution in [0.3, 0.4) is 0 Å². The minimum atomic E-state index is -0.741. The Morgan fingerprint density at radius 3 is 2.44 bits per heavy atom. The van der Waals surface area contributed by atoms with Gasteiger partial charge >= 0.3 is 0 Å². The number of halogens is 1. The molecular formula is C15H21ClO2. The average molecular weight is 269 g/mol. The zero-order valence-electron chi connectivity index (χ0n) is 11.2. The van der Waals surface area contributed by atoms with E-state index in [0.717, 1.165) is 18.4 Å². The highest BCUT2D eigenvalue weighted by molar-refractivity contribution is 6.32. The molecule has 2 rings (SSSR count). The van der Waals surface area contributed by atoms with E-state index >= 15 is 0 Å². The van der Waals surface area contributed by atoms with Gasteiger partial charge in [-0.3, -0.25) is 0 Å². The first kappa shape index (κ1) is 13.7. The second-order valence-electron chi connectivity index (χ2n) is 5.74. The van der Waals surface area contributed by atoms with Crippen LogP contribution in [-0.4, -0.2) is 12.2 Å². The molecule has 0 heterocycles. The van der Waals surface area contributed by atoms with E-state index in [1.165, 1.54) is 6.42 Å². The highest BCUT2D eigenvalue weighted by atomic mass is 35.5. The van der Waals surface area contributed by atoms with Crippen molar-refractivity contribution in [2.24, 2.45) is 11.8 Å². The first-order valence-corrected chi connectivity index (χ1v) is 6.89. The van der Waals surface area contributed by atoms with Gasteiger partial charge in [0.2, 0.25) is 0 Å². The molecule has 1 N–H and O–H groups in total. The van der Waals surface area contributed by atoms with Crippen LogP contribution >= 0.6 is 11.6 Å². The summed E-state index contributed by atoms with van der Waals surface area (Å²) in [5.41, 5.74) is 0.178. The van der Waals surface area contributed by atoms with Crippen molar-refractivity contribution in [1.82, 2.24) is 0 Å². The fourth-order valence-electron chi connectivity index (χ4n) is 3.27. The Hall–Kier alpha value is -0.730. The highest BCUT2D eigenvalue weighted by Gasteiger charge is 2.37. The number of hydrogen-bond donors (Lipinski definition) is 1. The molecule has 0 radical (unpaired) electrons. The number of aliphatic hydroxyl groups is 1. The molecule has 1 aliphatic carbocycles. The standard InChI is InChI=1S/C15H21ClO2/c1-10-6-11(2)9-15(17,8-10)12-4-5-13(16)14(7-12)18-3/h4-5,7,10-11,17H,6,8-9H2,1-3H3. The summed E-state index contributed by atoms with van der Waals surface area (Å²) in [5, 5.41) is 11.5. The van der Waals surface area contributed by atoms with Crippen molar-refractivity contribution in [3.63, 3.8) is 0 Å². The molecule has 0 aromatic heterocycles. The molecular weight excluding hydrogens is 248 g/mol. The van der Waals surface area contributed by atoms with Gasteiger partial charge in [-0.25, -0.2) is 0 Å². The van der Waals surface area contributed by atoms with Crippen molar-refractivity contribution >= 4 is 11.6 Å². The van der Waals surface area contributed by atoms with Crippen LogP contribution < -0.4 is 4.74 Å². The third kappa shape index (κ3) is 2.65. The molecule has 3 heteroatoms. The normalized spacial score (nSPS) is 32.3. The third-order valence-electron chi connectivity index (χ3n) is 3.87. The molecule has 1 saturated carbocycles. The molecule has 0 spiro atoms. The Kier molecular flexibility index (Phi) is 3.88. The average Bonchev–Trinajstić information content (AvgIpc) is 2.27. The molecule has 1 fully saturated rings. The maximum Gasteiger partial charge on any atom is 0.137 e. The monoisotopic (exact) mass is 268 g/mol. The Labute approximate surface area is 114 Å². The van der Waals surface area contributed by atoms with Gasteiger partial charge in [0.15, 0.2) is 0 Å². The number of hydrogen-bond acceptors (Lipinski definition) is 2. The van der Waals surface area contributed by atoms with Gasteiger partial charge in [0.05, 0.1) is 17.7 Å². The zero-order valence-corrected chi connectivity index (χ0v) is 12.0. The van der Waals surface area contributed by atoms with Crippen LogP contribution in [0.2, 0.25) is 5.02 Å². The molecule has 1 aromatic rings. The van der Waals surface area contributed by atoms with Crippen molar-refractivity contribution in [1.29, 1.82) is 0 Å². The first-order valence-electron chi connectivity index (χ1n) is 6.51. The van der Waals surface area contributed by atoms with Crippen LogP contribution in [-0.2, 0) is 5.60 Å². The van der Waals surface area contributed by atoms with E-state index in [0.29, 0.717) is 22.6 Å². The molecule has 18 heavy (non-hydrogen) atoms. The summed E-state index contributed by atoms with van der Waals surface area (Å²) >= 11 is 6.03. The van der Waals surface area contributed by atoms with Crippen LogP contribution in [0.1, 0.15) is 38.7 Å². The third-order valence-corrected chi connectivity index (χ3v) is 4.18. The number of rotatable bonds is 2. The van der Waals surface area contributed by atoms with Crippen molar-refractivity contribution in [3.8, 4) is 5.75 Å². The van der Waals surface area contributed by atoms with Crippen molar-refractivity contribution in [2.45, 2.75) is 38.7 Å². The van der Waals surface area contributed by atoms with Crippen LogP contribution in [0.25, 0.3) is 0 Å². The largest absolute Gasteiger partial charge is 0.495 e. The lowest BCUT2D eigenvalue weighted by molar-refractivity contribution is -0.0364. The molecule has 2 unspecified atom stereocenters. The lowest BCUT2D eigenvalue weighted by Gasteiger charge is -2.39. The molecule has 1 aromatic carbocycles. The van der Waals surface area contributed by atoms with Gasteiger partial charge in [-0.15, -0.1) is 0 Å². The molecule has 0 saturated heterocycles. The zero-order chi connectivity index (χ0) is 13.3. The van der Waals surface area contributed by atoms with Gasteiger partial charge in [0.25, 0.3) is 0 Å². The number of benzene rings is 1. The first-order chi connectivity index (χ1) is 8.44. The topological polar surface area (TPSA) is 29.5 Å². The van der Waals surface area contributed by atoms with Crippen LogP contribution in [0.5, 0.6) is 5.75 Å². The molecule has 2 atom stereocenters. The SMILES string of the molecule is COc1cc(C2(O)CC(C)CC(C)C2)ccc1Cl. The lowest BCUT2D eigenvalue weighted by Crippen LogP contribution is -2.35. The number of methoxy groups -OCH3 is 1. The Morgan fingerprint density at radius 1 is 1.28 bits per heavy atom. The maximum atomic E-state index is 10.9. The predicted octanol–water partition coefficient (Wildman–Crippen LogP) is 3.99. The smallest absolute Gasteiger partial charge is 0.137 e. The van der Waals surface area contributed by atoms with Gasteiger partial charge in [-0.1, -0.05) is 31.5 Å². The van der Waals surface area contributed by atoms with Gasteiger partial charge in [0, 0.05) is 0 Å². The molecule has 100 valence electrons. The van der Waals surface area contributed by atoms with E-state index in [9.17, 15) is 5.11 Å². The predicted molar refractivity (Wildman–Crippen MR) is 74.1 cm³/mol. The van der Waals surface area contributed by atoms with Crippen molar-refractivity contribution < 1.29 is 9.84 Å². The molecule has 0 aliphatic heterocycles. The number of ether oxygens (including phenoxy) is 1.